The Labute approximate surface area is 244 Å². The predicted octanol–water partition coefficient (Wildman–Crippen LogP) is 4.35. The van der Waals surface area contributed by atoms with Crippen molar-refractivity contribution < 1.29 is 35.8 Å². The fraction of sp³-hybridized carbons (Fsp3) is 0.138. The van der Waals surface area contributed by atoms with Crippen molar-refractivity contribution in [1.82, 2.24) is 0 Å². The van der Waals surface area contributed by atoms with E-state index >= 15 is 0 Å². The third-order valence-corrected chi connectivity index (χ3v) is 9.25. The van der Waals surface area contributed by atoms with E-state index in [4.69, 9.17) is 14.2 Å². The van der Waals surface area contributed by atoms with Crippen molar-refractivity contribution in [1.29, 1.82) is 0 Å². The normalized spacial score (nSPS) is 11.3. The van der Waals surface area contributed by atoms with Gasteiger partial charge in [-0.05, 0) is 72.8 Å². The van der Waals surface area contributed by atoms with Crippen molar-refractivity contribution in [2.75, 3.05) is 42.2 Å². The summed E-state index contributed by atoms with van der Waals surface area (Å²) in [5.74, 6) is 0.591. The van der Waals surface area contributed by atoms with Crippen LogP contribution in [0.15, 0.2) is 107 Å². The van der Waals surface area contributed by atoms with Gasteiger partial charge in [-0.1, -0.05) is 18.2 Å². The molecule has 0 aromatic heterocycles. The number of hydrogen-bond donors (Lipinski definition) is 2. The average Bonchev–Trinajstić information content (AvgIpc) is 3.00. The number of carbonyl (C=O) groups excluding carboxylic acids is 1. The summed E-state index contributed by atoms with van der Waals surface area (Å²) in [7, 11) is -3.80. The number of carbonyl (C=O) groups is 1. The van der Waals surface area contributed by atoms with Crippen molar-refractivity contribution in [3.63, 3.8) is 0 Å². The highest BCUT2D eigenvalue weighted by molar-refractivity contribution is 7.93. The Morgan fingerprint density at radius 3 is 1.90 bits per heavy atom. The van der Waals surface area contributed by atoms with Gasteiger partial charge in [0, 0.05) is 11.8 Å². The van der Waals surface area contributed by atoms with Crippen LogP contribution >= 0.6 is 0 Å². The van der Waals surface area contributed by atoms with Gasteiger partial charge in [0.25, 0.3) is 20.0 Å². The molecule has 42 heavy (non-hydrogen) atoms. The maximum Gasteiger partial charge on any atom is 0.264 e. The van der Waals surface area contributed by atoms with Gasteiger partial charge in [-0.25, -0.2) is 16.8 Å². The molecular weight excluding hydrogens is 582 g/mol. The highest BCUT2D eigenvalue weighted by atomic mass is 32.2. The highest BCUT2D eigenvalue weighted by Crippen LogP contribution is 2.31. The zero-order valence-corrected chi connectivity index (χ0v) is 24.6. The van der Waals surface area contributed by atoms with Crippen LogP contribution in [-0.2, 0) is 24.8 Å². The molecule has 0 spiro atoms. The quantitative estimate of drug-likeness (QED) is 0.241. The summed E-state index contributed by atoms with van der Waals surface area (Å²) in [5.41, 5.74) is 0.755. The molecule has 0 heterocycles. The van der Waals surface area contributed by atoms with Crippen molar-refractivity contribution in [3.8, 4) is 17.2 Å². The molecule has 0 fully saturated rings. The molecule has 1 amide bonds. The Bertz CT molecular complexity index is 1750. The molecule has 0 aliphatic carbocycles. The van der Waals surface area contributed by atoms with Gasteiger partial charge in [-0.15, -0.1) is 0 Å². The molecule has 0 unspecified atom stereocenters. The molecule has 4 rings (SSSR count). The van der Waals surface area contributed by atoms with Gasteiger partial charge in [0.2, 0.25) is 5.91 Å². The molecule has 0 atom stereocenters. The van der Waals surface area contributed by atoms with Gasteiger partial charge in [0.05, 0.1) is 42.5 Å². The van der Waals surface area contributed by atoms with E-state index in [-0.39, 0.29) is 21.2 Å². The number of nitrogens with zero attached hydrogens (tertiary/aromatic N) is 1. The summed E-state index contributed by atoms with van der Waals surface area (Å²) < 4.78 is 72.1. The van der Waals surface area contributed by atoms with E-state index in [9.17, 15) is 21.6 Å². The number of para-hydroxylation sites is 1. The van der Waals surface area contributed by atoms with E-state index in [0.29, 0.717) is 22.9 Å². The van der Waals surface area contributed by atoms with Gasteiger partial charge < -0.3 is 19.5 Å². The topological polar surface area (TPSA) is 140 Å². The molecule has 4 aromatic carbocycles. The molecule has 2 N–H and O–H groups in total. The first kappa shape index (κ1) is 30.2. The van der Waals surface area contributed by atoms with Crippen LogP contribution in [0, 0.1) is 0 Å². The number of nitrogens with one attached hydrogen (secondary N) is 2. The molecule has 0 aliphatic heterocycles. The summed E-state index contributed by atoms with van der Waals surface area (Å²) in [6.07, 6.45) is 0. The molecule has 0 radical (unpaired) electrons. The third-order valence-electron chi connectivity index (χ3n) is 6.08. The second-order valence-electron chi connectivity index (χ2n) is 8.77. The SMILES string of the molecule is COc1ccc(S(=O)(=O)N(CC(=O)Nc2ccc(S(=O)(=O)Nc3cc(OC)ccc3OC)cc2)c2ccccc2)cc1. The van der Waals surface area contributed by atoms with Crippen LogP contribution < -0.4 is 28.6 Å². The van der Waals surface area contributed by atoms with Gasteiger partial charge in [-0.3, -0.25) is 13.8 Å². The minimum Gasteiger partial charge on any atom is -0.497 e. The summed E-state index contributed by atoms with van der Waals surface area (Å²) in [6.45, 7) is -0.532. The number of sulfonamides is 2. The predicted molar refractivity (Wildman–Crippen MR) is 159 cm³/mol. The van der Waals surface area contributed by atoms with E-state index in [1.807, 2.05) is 0 Å². The first-order chi connectivity index (χ1) is 20.1. The summed E-state index contributed by atoms with van der Waals surface area (Å²) >= 11 is 0. The number of rotatable bonds is 12. The Morgan fingerprint density at radius 1 is 0.714 bits per heavy atom. The van der Waals surface area contributed by atoms with E-state index in [1.165, 1.54) is 75.9 Å². The van der Waals surface area contributed by atoms with Gasteiger partial charge in [0.1, 0.15) is 23.8 Å². The van der Waals surface area contributed by atoms with Crippen LogP contribution in [0.5, 0.6) is 17.2 Å². The lowest BCUT2D eigenvalue weighted by molar-refractivity contribution is -0.114. The largest absolute Gasteiger partial charge is 0.497 e. The molecule has 4 aromatic rings. The average molecular weight is 612 g/mol. The Morgan fingerprint density at radius 2 is 1.31 bits per heavy atom. The van der Waals surface area contributed by atoms with Crippen LogP contribution in [0.25, 0.3) is 0 Å². The highest BCUT2D eigenvalue weighted by Gasteiger charge is 2.27. The number of ether oxygens (including phenoxy) is 3. The minimum absolute atomic E-state index is 0.0188. The number of benzene rings is 4. The fourth-order valence-corrected chi connectivity index (χ4v) is 6.41. The Kier molecular flexibility index (Phi) is 9.23. The molecule has 0 saturated heterocycles. The molecule has 0 saturated carbocycles. The molecule has 13 heteroatoms. The van der Waals surface area contributed by atoms with Crippen molar-refractivity contribution in [3.05, 3.63) is 97.1 Å². The lowest BCUT2D eigenvalue weighted by Gasteiger charge is -2.24. The van der Waals surface area contributed by atoms with E-state index in [0.717, 1.165) is 4.31 Å². The maximum atomic E-state index is 13.5. The molecular formula is C29H29N3O8S2. The summed E-state index contributed by atoms with van der Waals surface area (Å²) in [6, 6.07) is 24.2. The Balaban J connectivity index is 1.52. The third kappa shape index (κ3) is 6.93. The van der Waals surface area contributed by atoms with Crippen LogP contribution in [-0.4, -0.2) is 50.6 Å². The minimum atomic E-state index is -4.12. The van der Waals surface area contributed by atoms with Crippen molar-refractivity contribution in [2.24, 2.45) is 0 Å². The molecule has 11 nitrogen and oxygen atoms in total. The van der Waals surface area contributed by atoms with Gasteiger partial charge >= 0.3 is 0 Å². The summed E-state index contributed by atoms with van der Waals surface area (Å²) in [5, 5.41) is 2.63. The first-order valence-corrected chi connectivity index (χ1v) is 15.4. The molecule has 220 valence electrons. The van der Waals surface area contributed by atoms with Crippen molar-refractivity contribution >= 4 is 43.0 Å². The number of hydrogen-bond acceptors (Lipinski definition) is 8. The zero-order valence-electron chi connectivity index (χ0n) is 23.0. The second kappa shape index (κ2) is 12.8. The lowest BCUT2D eigenvalue weighted by Crippen LogP contribution is -2.38. The molecule has 0 aliphatic rings. The number of methoxy groups -OCH3 is 3. The fourth-order valence-electron chi connectivity index (χ4n) is 3.93. The van der Waals surface area contributed by atoms with Crippen LogP contribution in [0.3, 0.4) is 0 Å². The zero-order chi connectivity index (χ0) is 30.3. The summed E-state index contributed by atoms with van der Waals surface area (Å²) in [4.78, 5) is 12.9. The van der Waals surface area contributed by atoms with Gasteiger partial charge in [0.15, 0.2) is 0 Å². The van der Waals surface area contributed by atoms with E-state index in [1.54, 1.807) is 42.5 Å². The van der Waals surface area contributed by atoms with Crippen LogP contribution in [0.2, 0.25) is 0 Å². The van der Waals surface area contributed by atoms with Crippen LogP contribution in [0.1, 0.15) is 0 Å². The van der Waals surface area contributed by atoms with E-state index < -0.39 is 32.5 Å². The maximum absolute atomic E-state index is 13.5. The number of amides is 1. The van der Waals surface area contributed by atoms with E-state index in [2.05, 4.69) is 10.0 Å². The lowest BCUT2D eigenvalue weighted by atomic mass is 10.3. The van der Waals surface area contributed by atoms with Crippen LogP contribution in [0.4, 0.5) is 17.1 Å². The monoisotopic (exact) mass is 611 g/mol. The number of anilines is 3. The van der Waals surface area contributed by atoms with Crippen molar-refractivity contribution in [2.45, 2.75) is 9.79 Å². The second-order valence-corrected chi connectivity index (χ2v) is 12.3. The standard InChI is InChI=1S/C29H29N3O8S2/c1-38-23-11-16-26(17-12-23)42(36,37)32(22-7-5-4-6-8-22)20-29(33)30-21-9-14-25(15-10-21)41(34,35)31-27-19-24(39-2)13-18-28(27)40-3/h4-19,31H,20H2,1-3H3,(H,30,33). The molecule has 0 bridgehead atoms. The Hall–Kier alpha value is -4.75. The smallest absolute Gasteiger partial charge is 0.264 e. The van der Waals surface area contributed by atoms with Gasteiger partial charge in [-0.2, -0.15) is 0 Å². The first-order valence-electron chi connectivity index (χ1n) is 12.4.